The van der Waals surface area contributed by atoms with Crippen LogP contribution in [0.2, 0.25) is 0 Å². The Kier molecular flexibility index (Phi) is 5.76. The fourth-order valence-corrected chi connectivity index (χ4v) is 3.23. The number of rotatable bonds is 6. The van der Waals surface area contributed by atoms with Gasteiger partial charge in [-0.3, -0.25) is 14.7 Å². The van der Waals surface area contributed by atoms with Gasteiger partial charge >= 0.3 is 0 Å². The smallest absolute Gasteiger partial charge is 0.236 e. The quantitative estimate of drug-likeness (QED) is 0.619. The highest BCUT2D eigenvalue weighted by Gasteiger charge is 2.22. The molecule has 0 bridgehead atoms. The Morgan fingerprint density at radius 3 is 2.66 bits per heavy atom. The molecule has 0 N–H and O–H groups in total. The topological polar surface area (TPSA) is 91.5 Å². The van der Waals surface area contributed by atoms with E-state index < -0.39 is 0 Å². The maximum atomic E-state index is 12.6. The van der Waals surface area contributed by atoms with Crippen molar-refractivity contribution in [2.45, 2.75) is 6.54 Å². The van der Waals surface area contributed by atoms with Crippen LogP contribution in [0.4, 0.5) is 5.95 Å². The number of carbonyl (C=O) groups is 1. The number of pyridine rings is 1. The average Bonchev–Trinajstić information content (AvgIpc) is 3.24. The third kappa shape index (κ3) is 4.75. The van der Waals surface area contributed by atoms with Crippen molar-refractivity contribution in [3.8, 4) is 11.3 Å². The molecule has 4 heterocycles. The molecule has 3 aromatic rings. The van der Waals surface area contributed by atoms with Crippen molar-refractivity contribution >= 4 is 11.9 Å². The van der Waals surface area contributed by atoms with Crippen LogP contribution in [0, 0.1) is 0 Å². The Bertz CT molecular complexity index is 924. The lowest BCUT2D eigenvalue weighted by molar-refractivity contribution is -0.132. The number of hydrogen-bond acceptors (Lipinski definition) is 8. The molecule has 4 rings (SSSR count). The summed E-state index contributed by atoms with van der Waals surface area (Å²) in [6.45, 7) is 3.96. The molecule has 9 heteroatoms. The van der Waals surface area contributed by atoms with E-state index in [4.69, 9.17) is 4.52 Å². The predicted octanol–water partition coefficient (Wildman–Crippen LogP) is 1.31. The van der Waals surface area contributed by atoms with E-state index >= 15 is 0 Å². The van der Waals surface area contributed by atoms with E-state index in [0.717, 1.165) is 37.7 Å². The lowest BCUT2D eigenvalue weighted by Gasteiger charge is -2.34. The number of nitrogens with zero attached hydrogens (tertiary/aromatic N) is 7. The molecule has 0 radical (unpaired) electrons. The second-order valence-corrected chi connectivity index (χ2v) is 6.98. The van der Waals surface area contributed by atoms with E-state index in [0.29, 0.717) is 24.5 Å². The standard InChI is InChI=1S/C20H23N7O2/c1-25(14-17-12-18(24-29-17)16-4-2-5-21-13-16)19(28)15-26-8-10-27(11-9-26)20-22-6-3-7-23-20/h2-7,12-13H,8-11,14-15H2,1H3. The van der Waals surface area contributed by atoms with Crippen LogP contribution >= 0.6 is 0 Å². The fourth-order valence-electron chi connectivity index (χ4n) is 3.23. The first-order chi connectivity index (χ1) is 14.2. The summed E-state index contributed by atoms with van der Waals surface area (Å²) in [4.78, 5) is 31.2. The van der Waals surface area contributed by atoms with Crippen molar-refractivity contribution in [2.24, 2.45) is 0 Å². The Hall–Kier alpha value is -3.33. The van der Waals surface area contributed by atoms with Crippen LogP contribution in [-0.4, -0.2) is 75.6 Å². The molecule has 0 spiro atoms. The second-order valence-electron chi connectivity index (χ2n) is 6.98. The highest BCUT2D eigenvalue weighted by Crippen LogP contribution is 2.18. The number of anilines is 1. The summed E-state index contributed by atoms with van der Waals surface area (Å²) >= 11 is 0. The van der Waals surface area contributed by atoms with Crippen LogP contribution in [0.5, 0.6) is 0 Å². The summed E-state index contributed by atoms with van der Waals surface area (Å²) in [6, 6.07) is 7.43. The molecule has 150 valence electrons. The Morgan fingerprint density at radius 1 is 1.14 bits per heavy atom. The third-order valence-electron chi connectivity index (χ3n) is 4.90. The molecule has 1 aliphatic heterocycles. The van der Waals surface area contributed by atoms with Crippen molar-refractivity contribution in [1.82, 2.24) is 29.9 Å². The summed E-state index contributed by atoms with van der Waals surface area (Å²) < 4.78 is 5.39. The zero-order valence-electron chi connectivity index (χ0n) is 16.3. The number of aromatic nitrogens is 4. The van der Waals surface area contributed by atoms with Crippen molar-refractivity contribution in [2.75, 3.05) is 44.7 Å². The van der Waals surface area contributed by atoms with E-state index in [-0.39, 0.29) is 5.91 Å². The van der Waals surface area contributed by atoms with Gasteiger partial charge in [0.15, 0.2) is 5.76 Å². The molecule has 0 saturated carbocycles. The van der Waals surface area contributed by atoms with E-state index in [1.807, 2.05) is 24.3 Å². The number of likely N-dealkylation sites (N-methyl/N-ethyl adjacent to an activating group) is 1. The van der Waals surface area contributed by atoms with Crippen molar-refractivity contribution in [3.63, 3.8) is 0 Å². The third-order valence-corrected chi connectivity index (χ3v) is 4.90. The highest BCUT2D eigenvalue weighted by atomic mass is 16.5. The summed E-state index contributed by atoms with van der Waals surface area (Å²) in [5.41, 5.74) is 1.60. The molecule has 0 aromatic carbocycles. The number of hydrogen-bond donors (Lipinski definition) is 0. The molecule has 3 aromatic heterocycles. The molecule has 0 unspecified atom stereocenters. The van der Waals surface area contributed by atoms with Crippen LogP contribution < -0.4 is 4.90 Å². The van der Waals surface area contributed by atoms with Gasteiger partial charge in [-0.1, -0.05) is 5.16 Å². The van der Waals surface area contributed by atoms with Crippen LogP contribution in [0.15, 0.2) is 53.6 Å². The lowest BCUT2D eigenvalue weighted by Crippen LogP contribution is -2.50. The highest BCUT2D eigenvalue weighted by molar-refractivity contribution is 5.78. The molecular formula is C20H23N7O2. The monoisotopic (exact) mass is 393 g/mol. The fraction of sp³-hybridized carbons (Fsp3) is 0.350. The van der Waals surface area contributed by atoms with Gasteiger partial charge in [-0.25, -0.2) is 9.97 Å². The normalized spacial score (nSPS) is 14.7. The van der Waals surface area contributed by atoms with Gasteiger partial charge in [0, 0.05) is 69.6 Å². The SMILES string of the molecule is CN(Cc1cc(-c2cccnc2)no1)C(=O)CN1CCN(c2ncccn2)CC1. The van der Waals surface area contributed by atoms with Gasteiger partial charge in [0.05, 0.1) is 13.1 Å². The maximum Gasteiger partial charge on any atom is 0.236 e. The molecular weight excluding hydrogens is 370 g/mol. The summed E-state index contributed by atoms with van der Waals surface area (Å²) in [5, 5.41) is 4.07. The molecule has 1 aliphatic rings. The molecule has 0 atom stereocenters. The van der Waals surface area contributed by atoms with Crippen molar-refractivity contribution in [1.29, 1.82) is 0 Å². The molecule has 1 amide bonds. The minimum absolute atomic E-state index is 0.0498. The van der Waals surface area contributed by atoms with E-state index in [2.05, 4.69) is 29.9 Å². The summed E-state index contributed by atoms with van der Waals surface area (Å²) in [6.07, 6.45) is 6.94. The van der Waals surface area contributed by atoms with Crippen molar-refractivity contribution < 1.29 is 9.32 Å². The van der Waals surface area contributed by atoms with E-state index in [1.54, 1.807) is 36.7 Å². The molecule has 1 fully saturated rings. The van der Waals surface area contributed by atoms with Gasteiger partial charge < -0.3 is 14.3 Å². The van der Waals surface area contributed by atoms with Crippen molar-refractivity contribution in [3.05, 3.63) is 54.8 Å². The molecule has 29 heavy (non-hydrogen) atoms. The molecule has 0 aliphatic carbocycles. The van der Waals surface area contributed by atoms with Gasteiger partial charge in [-0.2, -0.15) is 0 Å². The van der Waals surface area contributed by atoms with Gasteiger partial charge in [0.1, 0.15) is 5.69 Å². The first-order valence-corrected chi connectivity index (χ1v) is 9.53. The first-order valence-electron chi connectivity index (χ1n) is 9.53. The number of carbonyl (C=O) groups excluding carboxylic acids is 1. The van der Waals surface area contributed by atoms with E-state index in [1.165, 1.54) is 0 Å². The summed E-state index contributed by atoms with van der Waals surface area (Å²) in [5.74, 6) is 1.44. The average molecular weight is 393 g/mol. The lowest BCUT2D eigenvalue weighted by atomic mass is 10.2. The van der Waals surface area contributed by atoms with Crippen LogP contribution in [0.3, 0.4) is 0 Å². The summed E-state index contributed by atoms with van der Waals surface area (Å²) in [7, 11) is 1.78. The second kappa shape index (κ2) is 8.78. The predicted molar refractivity (Wildman–Crippen MR) is 107 cm³/mol. The Balaban J connectivity index is 1.27. The van der Waals surface area contributed by atoms with Gasteiger partial charge in [-0.15, -0.1) is 0 Å². The zero-order valence-corrected chi connectivity index (χ0v) is 16.3. The Labute approximate surface area is 169 Å². The Morgan fingerprint density at radius 2 is 1.93 bits per heavy atom. The first kappa shape index (κ1) is 19.0. The number of piperazine rings is 1. The van der Waals surface area contributed by atoms with Crippen LogP contribution in [-0.2, 0) is 11.3 Å². The van der Waals surface area contributed by atoms with Crippen LogP contribution in [0.25, 0.3) is 11.3 Å². The largest absolute Gasteiger partial charge is 0.359 e. The van der Waals surface area contributed by atoms with Crippen LogP contribution in [0.1, 0.15) is 5.76 Å². The molecule has 9 nitrogen and oxygen atoms in total. The molecule has 1 saturated heterocycles. The minimum Gasteiger partial charge on any atom is -0.359 e. The van der Waals surface area contributed by atoms with Gasteiger partial charge in [-0.05, 0) is 18.2 Å². The zero-order chi connectivity index (χ0) is 20.1. The van der Waals surface area contributed by atoms with Gasteiger partial charge in [0.25, 0.3) is 0 Å². The van der Waals surface area contributed by atoms with E-state index in [9.17, 15) is 4.79 Å². The number of amides is 1. The maximum absolute atomic E-state index is 12.6. The van der Waals surface area contributed by atoms with Gasteiger partial charge in [0.2, 0.25) is 11.9 Å². The minimum atomic E-state index is 0.0498.